The lowest BCUT2D eigenvalue weighted by Crippen LogP contribution is -2.33. The Labute approximate surface area is 93.0 Å². The first-order valence-electron chi connectivity index (χ1n) is 4.74. The Balaban J connectivity index is 2.67. The molecule has 82 valence electrons. The van der Waals surface area contributed by atoms with Gasteiger partial charge in [-0.25, -0.2) is 0 Å². The number of hydrogen-bond acceptors (Lipinski definition) is 3. The van der Waals surface area contributed by atoms with E-state index in [1.807, 2.05) is 6.07 Å². The van der Waals surface area contributed by atoms with Gasteiger partial charge >= 0.3 is 6.20 Å². The second kappa shape index (κ2) is 5.51. The fraction of sp³-hybridized carbons (Fsp3) is 0.182. The van der Waals surface area contributed by atoms with Crippen LogP contribution in [0.4, 0.5) is 0 Å². The Morgan fingerprint density at radius 2 is 2.12 bits per heavy atom. The minimum Gasteiger partial charge on any atom is -0.504 e. The molecule has 1 aromatic rings. The second-order valence-electron chi connectivity index (χ2n) is 3.23. The van der Waals surface area contributed by atoms with Gasteiger partial charge in [-0.3, -0.25) is 4.79 Å². The maximum Gasteiger partial charge on any atom is 0.389 e. The van der Waals surface area contributed by atoms with Gasteiger partial charge in [0.05, 0.1) is 6.04 Å². The molecule has 0 aliphatic heterocycles. The molecule has 5 heteroatoms. The Morgan fingerprint density at radius 3 is 2.69 bits per heavy atom. The van der Waals surface area contributed by atoms with Gasteiger partial charge in [0.2, 0.25) is 11.2 Å². The van der Waals surface area contributed by atoms with Crippen LogP contribution in [-0.4, -0.2) is 17.1 Å². The van der Waals surface area contributed by atoms with Crippen molar-refractivity contribution in [3.8, 4) is 0 Å². The first-order valence-corrected chi connectivity index (χ1v) is 4.74. The summed E-state index contributed by atoms with van der Waals surface area (Å²) in [6.45, 7) is 1.58. The van der Waals surface area contributed by atoms with Crippen LogP contribution in [0.3, 0.4) is 0 Å². The van der Waals surface area contributed by atoms with Gasteiger partial charge in [0.15, 0.2) is 4.98 Å². The molecule has 0 aliphatic carbocycles. The van der Waals surface area contributed by atoms with Crippen LogP contribution in [0.25, 0.3) is 4.98 Å². The maximum atomic E-state index is 11.6. The molecule has 0 heterocycles. The topological polar surface area (TPSA) is 77.5 Å². The van der Waals surface area contributed by atoms with Crippen molar-refractivity contribution in [1.29, 1.82) is 5.39 Å². The summed E-state index contributed by atoms with van der Waals surface area (Å²) in [6, 6.07) is 8.03. The summed E-state index contributed by atoms with van der Waals surface area (Å²) in [6.07, 6.45) is 0.871. The Morgan fingerprint density at radius 1 is 1.50 bits per heavy atom. The normalized spacial score (nSPS) is 12.6. The number of hydrogen-bond donors (Lipinski definition) is 2. The van der Waals surface area contributed by atoms with Crippen LogP contribution in [-0.2, 0) is 0 Å². The molecule has 1 rings (SSSR count). The van der Waals surface area contributed by atoms with E-state index in [-0.39, 0.29) is 11.7 Å². The number of rotatable bonds is 3. The van der Waals surface area contributed by atoms with Crippen molar-refractivity contribution in [2.24, 2.45) is 0 Å². The number of nitrogens with zero attached hydrogens (tertiary/aromatic N) is 2. The SMILES string of the molecule is CC(NC(=O)c1ccccc1)/C(O)=C/[N+]#N. The first-order chi connectivity index (χ1) is 7.65. The summed E-state index contributed by atoms with van der Waals surface area (Å²) < 4.78 is 0. The summed E-state index contributed by atoms with van der Waals surface area (Å²) in [5.74, 6) is -0.516. The van der Waals surface area contributed by atoms with Crippen LogP contribution in [0, 0.1) is 5.39 Å². The third-order valence-electron chi connectivity index (χ3n) is 2.02. The van der Waals surface area contributed by atoms with E-state index >= 15 is 0 Å². The van der Waals surface area contributed by atoms with Crippen LogP contribution in [0.2, 0.25) is 0 Å². The van der Waals surface area contributed by atoms with Crippen molar-refractivity contribution in [2.45, 2.75) is 13.0 Å². The molecule has 5 nitrogen and oxygen atoms in total. The monoisotopic (exact) mass is 218 g/mol. The molecule has 0 saturated carbocycles. The molecule has 0 spiro atoms. The van der Waals surface area contributed by atoms with Crippen LogP contribution >= 0.6 is 0 Å². The summed E-state index contributed by atoms with van der Waals surface area (Å²) in [4.78, 5) is 14.3. The standard InChI is InChI=1S/C11H11N3O2/c1-8(10(15)7-13-12)14-11(16)9-5-3-2-4-6-9/h2-8H,1H3,(H-,14,15,16)/p+1/b10-7-. The smallest absolute Gasteiger partial charge is 0.389 e. The molecule has 1 atom stereocenters. The van der Waals surface area contributed by atoms with Gasteiger partial charge in [-0.05, 0) is 19.1 Å². The van der Waals surface area contributed by atoms with E-state index in [9.17, 15) is 9.90 Å². The molecule has 0 saturated heterocycles. The Hall–Kier alpha value is -2.35. The molecule has 0 aromatic heterocycles. The number of benzene rings is 1. The van der Waals surface area contributed by atoms with Crippen molar-refractivity contribution in [3.05, 3.63) is 52.8 Å². The zero-order valence-electron chi connectivity index (χ0n) is 8.79. The van der Waals surface area contributed by atoms with E-state index < -0.39 is 6.04 Å². The van der Waals surface area contributed by atoms with Crippen LogP contribution in [0.5, 0.6) is 0 Å². The minimum atomic E-state index is -0.608. The Bertz CT molecular complexity index is 434. The van der Waals surface area contributed by atoms with Crippen LogP contribution < -0.4 is 5.32 Å². The third-order valence-corrected chi connectivity index (χ3v) is 2.02. The average Bonchev–Trinajstić information content (AvgIpc) is 2.30. The number of amides is 1. The molecule has 1 unspecified atom stereocenters. The zero-order valence-corrected chi connectivity index (χ0v) is 8.79. The van der Waals surface area contributed by atoms with Gasteiger partial charge < -0.3 is 10.4 Å². The molecule has 0 aliphatic rings. The van der Waals surface area contributed by atoms with E-state index in [0.29, 0.717) is 5.56 Å². The van der Waals surface area contributed by atoms with E-state index in [0.717, 1.165) is 6.20 Å². The van der Waals surface area contributed by atoms with E-state index in [1.165, 1.54) is 0 Å². The van der Waals surface area contributed by atoms with E-state index in [1.54, 1.807) is 31.2 Å². The van der Waals surface area contributed by atoms with Gasteiger partial charge in [-0.2, -0.15) is 0 Å². The lowest BCUT2D eigenvalue weighted by atomic mass is 10.2. The summed E-state index contributed by atoms with van der Waals surface area (Å²) in [5.41, 5.74) is 0.503. The molecule has 1 aromatic carbocycles. The summed E-state index contributed by atoms with van der Waals surface area (Å²) in [7, 11) is 0. The lowest BCUT2D eigenvalue weighted by molar-refractivity contribution is 0.0937. The van der Waals surface area contributed by atoms with Gasteiger partial charge in [-0.15, -0.1) is 0 Å². The van der Waals surface area contributed by atoms with Crippen molar-refractivity contribution in [1.82, 2.24) is 5.32 Å². The molecule has 2 N–H and O–H groups in total. The quantitative estimate of drug-likeness (QED) is 0.602. The van der Waals surface area contributed by atoms with Crippen LogP contribution in [0.15, 0.2) is 42.3 Å². The summed E-state index contributed by atoms with van der Waals surface area (Å²) >= 11 is 0. The molecule has 0 fully saturated rings. The molecular weight excluding hydrogens is 206 g/mol. The van der Waals surface area contributed by atoms with E-state index in [2.05, 4.69) is 10.3 Å². The summed E-state index contributed by atoms with van der Waals surface area (Å²) in [5, 5.41) is 20.1. The minimum absolute atomic E-state index is 0.216. The fourth-order valence-corrected chi connectivity index (χ4v) is 1.11. The van der Waals surface area contributed by atoms with Crippen LogP contribution in [0.1, 0.15) is 17.3 Å². The predicted molar refractivity (Wildman–Crippen MR) is 59.2 cm³/mol. The van der Waals surface area contributed by atoms with Crippen molar-refractivity contribution < 1.29 is 9.90 Å². The molecule has 0 radical (unpaired) electrons. The second-order valence-corrected chi connectivity index (χ2v) is 3.23. The van der Waals surface area contributed by atoms with Gasteiger partial charge in [0.1, 0.15) is 0 Å². The maximum absolute atomic E-state index is 11.6. The zero-order chi connectivity index (χ0) is 12.0. The predicted octanol–water partition coefficient (Wildman–Crippen LogP) is 2.06. The number of aliphatic hydroxyl groups excluding tert-OH is 1. The number of nitrogens with one attached hydrogen (secondary N) is 1. The molecule has 0 bridgehead atoms. The average molecular weight is 218 g/mol. The highest BCUT2D eigenvalue weighted by Crippen LogP contribution is 2.02. The Kier molecular flexibility index (Phi) is 4.04. The molecule has 1 amide bonds. The number of carbonyl (C=O) groups excluding carboxylic acids is 1. The fourth-order valence-electron chi connectivity index (χ4n) is 1.11. The van der Waals surface area contributed by atoms with E-state index in [4.69, 9.17) is 5.39 Å². The highest BCUT2D eigenvalue weighted by Gasteiger charge is 2.15. The van der Waals surface area contributed by atoms with Gasteiger partial charge in [0.25, 0.3) is 5.91 Å². The van der Waals surface area contributed by atoms with Gasteiger partial charge in [0, 0.05) is 5.56 Å². The van der Waals surface area contributed by atoms with Gasteiger partial charge in [-0.1, -0.05) is 18.2 Å². The number of aliphatic hydroxyl groups is 1. The third kappa shape index (κ3) is 3.10. The van der Waals surface area contributed by atoms with Crippen molar-refractivity contribution in [3.63, 3.8) is 0 Å². The number of carbonyl (C=O) groups is 1. The number of diazo groups is 1. The van der Waals surface area contributed by atoms with Crippen molar-refractivity contribution >= 4 is 5.91 Å². The molecule has 16 heavy (non-hydrogen) atoms. The lowest BCUT2D eigenvalue weighted by Gasteiger charge is -2.10. The highest BCUT2D eigenvalue weighted by atomic mass is 16.3. The molecular formula is C11H12N3O2+. The first kappa shape index (κ1) is 11.7. The largest absolute Gasteiger partial charge is 0.504 e. The highest BCUT2D eigenvalue weighted by molar-refractivity contribution is 5.94. The van der Waals surface area contributed by atoms with Crippen molar-refractivity contribution in [2.75, 3.05) is 0 Å².